The van der Waals surface area contributed by atoms with Gasteiger partial charge >= 0.3 is 0 Å². The smallest absolute Gasteiger partial charge is 0.269 e. The van der Waals surface area contributed by atoms with E-state index in [0.29, 0.717) is 17.0 Å². The number of nitrogens with zero attached hydrogens (tertiary/aromatic N) is 5. The number of nitrogen functional groups attached to an aromatic ring is 1. The third-order valence-corrected chi connectivity index (χ3v) is 2.34. The average molecular weight is 244 g/mol. The quantitative estimate of drug-likeness (QED) is 0.539. The fourth-order valence-electron chi connectivity index (χ4n) is 1.57. The van der Waals surface area contributed by atoms with Gasteiger partial charge in [0.05, 0.1) is 6.33 Å². The molecule has 0 saturated heterocycles. The van der Waals surface area contributed by atoms with Gasteiger partial charge in [-0.25, -0.2) is 9.67 Å². The van der Waals surface area contributed by atoms with E-state index >= 15 is 0 Å². The van der Waals surface area contributed by atoms with Crippen LogP contribution in [0.4, 0.5) is 5.95 Å². The van der Waals surface area contributed by atoms with Gasteiger partial charge in [-0.15, -0.1) is 0 Å². The highest BCUT2D eigenvalue weighted by molar-refractivity contribution is 5.90. The van der Waals surface area contributed by atoms with Crippen LogP contribution in [0.2, 0.25) is 0 Å². The molecule has 0 aliphatic heterocycles. The Labute approximate surface area is 99.9 Å². The van der Waals surface area contributed by atoms with Crippen molar-refractivity contribution in [1.82, 2.24) is 29.7 Å². The minimum atomic E-state index is -0.614. The van der Waals surface area contributed by atoms with E-state index in [0.717, 1.165) is 0 Å². The second kappa shape index (κ2) is 3.52. The maximum atomic E-state index is 11.0. The minimum absolute atomic E-state index is 0.0701. The van der Waals surface area contributed by atoms with Crippen molar-refractivity contribution in [3.63, 3.8) is 0 Å². The fraction of sp³-hybridized carbons (Fsp3) is 0. The van der Waals surface area contributed by atoms with Crippen molar-refractivity contribution in [2.75, 3.05) is 5.73 Å². The molecule has 3 heterocycles. The highest BCUT2D eigenvalue weighted by Gasteiger charge is 2.13. The molecule has 0 spiro atoms. The lowest BCUT2D eigenvalue weighted by molar-refractivity contribution is 0.0995. The molecular formula is C9H8N8O. The summed E-state index contributed by atoms with van der Waals surface area (Å²) in [5.74, 6) is -0.139. The van der Waals surface area contributed by atoms with Gasteiger partial charge in [-0.1, -0.05) is 0 Å². The number of hydrogen-bond acceptors (Lipinski definition) is 6. The van der Waals surface area contributed by atoms with E-state index in [4.69, 9.17) is 11.5 Å². The Morgan fingerprint density at radius 2 is 2.22 bits per heavy atom. The van der Waals surface area contributed by atoms with Crippen molar-refractivity contribution in [2.24, 2.45) is 5.73 Å². The Morgan fingerprint density at radius 1 is 1.39 bits per heavy atom. The number of primary amides is 1. The van der Waals surface area contributed by atoms with Gasteiger partial charge in [0.15, 0.2) is 11.5 Å². The van der Waals surface area contributed by atoms with Crippen molar-refractivity contribution in [3.8, 4) is 5.82 Å². The molecule has 3 aromatic heterocycles. The van der Waals surface area contributed by atoms with Crippen LogP contribution in [0.15, 0.2) is 18.6 Å². The number of H-pyrrole nitrogens is 1. The van der Waals surface area contributed by atoms with Crippen LogP contribution in [0.25, 0.3) is 17.0 Å². The van der Waals surface area contributed by atoms with Gasteiger partial charge in [0.2, 0.25) is 5.95 Å². The number of rotatable bonds is 2. The first-order valence-corrected chi connectivity index (χ1v) is 4.97. The third-order valence-electron chi connectivity index (χ3n) is 2.34. The molecular weight excluding hydrogens is 236 g/mol. The van der Waals surface area contributed by atoms with Crippen LogP contribution in [-0.4, -0.2) is 35.6 Å². The molecule has 0 unspecified atom stereocenters. The molecule has 0 saturated carbocycles. The van der Waals surface area contributed by atoms with Gasteiger partial charge in [0.25, 0.3) is 5.91 Å². The Morgan fingerprint density at radius 3 is 2.94 bits per heavy atom. The number of carbonyl (C=O) groups excluding carboxylic acids is 1. The SMILES string of the molecule is NC(=O)c1ccn(-c2nc(N)nc3nc[nH]c23)n1. The van der Waals surface area contributed by atoms with E-state index in [9.17, 15) is 4.79 Å². The molecule has 0 atom stereocenters. The van der Waals surface area contributed by atoms with E-state index in [2.05, 4.69) is 25.0 Å². The standard InChI is InChI=1S/C9H8N8O/c10-6(18)4-1-2-17(16-4)8-5-7(13-3-12-5)14-9(11)15-8/h1-3H,(H2,10,18)(H3,11,12,13,14,15). The van der Waals surface area contributed by atoms with Crippen LogP contribution < -0.4 is 11.5 Å². The van der Waals surface area contributed by atoms with Crippen molar-refractivity contribution < 1.29 is 4.79 Å². The van der Waals surface area contributed by atoms with Crippen molar-refractivity contribution in [1.29, 1.82) is 0 Å². The minimum Gasteiger partial charge on any atom is -0.368 e. The molecule has 3 rings (SSSR count). The lowest BCUT2D eigenvalue weighted by Gasteiger charge is -2.02. The summed E-state index contributed by atoms with van der Waals surface area (Å²) in [5.41, 5.74) is 11.9. The monoisotopic (exact) mass is 244 g/mol. The maximum absolute atomic E-state index is 11.0. The maximum Gasteiger partial charge on any atom is 0.269 e. The van der Waals surface area contributed by atoms with E-state index in [-0.39, 0.29) is 11.6 Å². The predicted octanol–water partition coefficient (Wildman–Crippen LogP) is -0.780. The number of fused-ring (bicyclic) bond motifs is 1. The molecule has 3 aromatic rings. The molecule has 0 aliphatic carbocycles. The summed E-state index contributed by atoms with van der Waals surface area (Å²) in [6.07, 6.45) is 3.03. The number of anilines is 1. The number of carbonyl (C=O) groups is 1. The van der Waals surface area contributed by atoms with Gasteiger partial charge < -0.3 is 16.5 Å². The molecule has 0 fully saturated rings. The van der Waals surface area contributed by atoms with E-state index in [1.807, 2.05) is 0 Å². The molecule has 9 nitrogen and oxygen atoms in total. The molecule has 90 valence electrons. The average Bonchev–Trinajstić information content (AvgIpc) is 2.95. The number of aromatic amines is 1. The van der Waals surface area contributed by atoms with E-state index < -0.39 is 5.91 Å². The topological polar surface area (TPSA) is 141 Å². The van der Waals surface area contributed by atoms with Gasteiger partial charge in [-0.05, 0) is 6.07 Å². The number of nitrogens with one attached hydrogen (secondary N) is 1. The van der Waals surface area contributed by atoms with Crippen LogP contribution in [-0.2, 0) is 0 Å². The van der Waals surface area contributed by atoms with Crippen molar-refractivity contribution in [3.05, 3.63) is 24.3 Å². The van der Waals surface area contributed by atoms with Crippen LogP contribution in [0.3, 0.4) is 0 Å². The number of amides is 1. The molecule has 1 amide bonds. The zero-order valence-electron chi connectivity index (χ0n) is 9.03. The summed E-state index contributed by atoms with van der Waals surface area (Å²) in [4.78, 5) is 25.9. The fourth-order valence-corrected chi connectivity index (χ4v) is 1.57. The van der Waals surface area contributed by atoms with Crippen LogP contribution in [0, 0.1) is 0 Å². The Kier molecular flexibility index (Phi) is 1.99. The first kappa shape index (κ1) is 10.2. The Hall–Kier alpha value is -2.97. The zero-order chi connectivity index (χ0) is 12.7. The molecule has 0 bridgehead atoms. The lowest BCUT2D eigenvalue weighted by atomic mass is 10.4. The highest BCUT2D eigenvalue weighted by Crippen LogP contribution is 2.16. The molecule has 0 aliphatic rings. The second-order valence-electron chi connectivity index (χ2n) is 3.52. The van der Waals surface area contributed by atoms with Crippen LogP contribution in [0.1, 0.15) is 10.5 Å². The van der Waals surface area contributed by atoms with Gasteiger partial charge in [0.1, 0.15) is 11.2 Å². The van der Waals surface area contributed by atoms with Crippen LogP contribution >= 0.6 is 0 Å². The number of hydrogen-bond donors (Lipinski definition) is 3. The van der Waals surface area contributed by atoms with Crippen LogP contribution in [0.5, 0.6) is 0 Å². The predicted molar refractivity (Wildman–Crippen MR) is 61.7 cm³/mol. The zero-order valence-corrected chi connectivity index (χ0v) is 9.03. The number of imidazole rings is 1. The summed E-state index contributed by atoms with van der Waals surface area (Å²) in [6.45, 7) is 0. The molecule has 0 aromatic carbocycles. The molecule has 18 heavy (non-hydrogen) atoms. The van der Waals surface area contributed by atoms with E-state index in [1.165, 1.54) is 17.1 Å². The Balaban J connectivity index is 2.23. The largest absolute Gasteiger partial charge is 0.368 e. The highest BCUT2D eigenvalue weighted by atomic mass is 16.1. The summed E-state index contributed by atoms with van der Waals surface area (Å²) in [7, 11) is 0. The lowest BCUT2D eigenvalue weighted by Crippen LogP contribution is -2.12. The first-order chi connectivity index (χ1) is 8.65. The van der Waals surface area contributed by atoms with Crippen molar-refractivity contribution >= 4 is 23.0 Å². The normalized spacial score (nSPS) is 10.9. The molecule has 0 radical (unpaired) electrons. The summed E-state index contributed by atoms with van der Waals surface area (Å²) in [6, 6.07) is 1.49. The van der Waals surface area contributed by atoms with E-state index in [1.54, 1.807) is 6.20 Å². The van der Waals surface area contributed by atoms with Gasteiger partial charge in [-0.2, -0.15) is 15.1 Å². The first-order valence-electron chi connectivity index (χ1n) is 4.97. The number of nitrogens with two attached hydrogens (primary N) is 2. The second-order valence-corrected chi connectivity index (χ2v) is 3.52. The van der Waals surface area contributed by atoms with Gasteiger partial charge in [-0.3, -0.25) is 4.79 Å². The summed E-state index contributed by atoms with van der Waals surface area (Å²) >= 11 is 0. The molecule has 5 N–H and O–H groups in total. The summed E-state index contributed by atoms with van der Waals surface area (Å²) < 4.78 is 1.39. The van der Waals surface area contributed by atoms with Crippen molar-refractivity contribution in [2.45, 2.75) is 0 Å². The molecule has 9 heteroatoms. The Bertz CT molecular complexity index is 742. The van der Waals surface area contributed by atoms with Gasteiger partial charge in [0, 0.05) is 6.20 Å². The number of aromatic nitrogens is 6. The summed E-state index contributed by atoms with van der Waals surface area (Å²) in [5, 5.41) is 4.00. The third kappa shape index (κ3) is 1.45.